The van der Waals surface area contributed by atoms with Crippen molar-refractivity contribution in [3.05, 3.63) is 29.8 Å². The zero-order chi connectivity index (χ0) is 13.9. The third-order valence-corrected chi connectivity index (χ3v) is 4.62. The van der Waals surface area contributed by atoms with Gasteiger partial charge in [-0.05, 0) is 19.1 Å². The van der Waals surface area contributed by atoms with E-state index in [0.29, 0.717) is 0 Å². The molecule has 0 aromatic heterocycles. The number of hydrogen-bond donors (Lipinski definition) is 2. The lowest BCUT2D eigenvalue weighted by molar-refractivity contribution is -0.119. The molecule has 1 aromatic rings. The summed E-state index contributed by atoms with van der Waals surface area (Å²) in [6, 6.07) is 5.20. The van der Waals surface area contributed by atoms with Gasteiger partial charge in [-0.3, -0.25) is 4.79 Å². The molecule has 18 heavy (non-hydrogen) atoms. The zero-order valence-electron chi connectivity index (χ0n) is 9.88. The summed E-state index contributed by atoms with van der Waals surface area (Å²) in [6.45, 7) is 1.22. The highest BCUT2D eigenvalue weighted by Crippen LogP contribution is 2.20. The highest BCUT2D eigenvalue weighted by molar-refractivity contribution is 7.92. The van der Waals surface area contributed by atoms with Gasteiger partial charge >= 0.3 is 5.97 Å². The predicted molar refractivity (Wildman–Crippen MR) is 64.1 cm³/mol. The maximum Gasteiger partial charge on any atom is 0.337 e. The second-order valence-electron chi connectivity index (χ2n) is 3.60. The van der Waals surface area contributed by atoms with Crippen molar-refractivity contribution in [2.75, 3.05) is 7.05 Å². The van der Waals surface area contributed by atoms with Gasteiger partial charge < -0.3 is 10.4 Å². The van der Waals surface area contributed by atoms with E-state index in [1.165, 1.54) is 38.2 Å². The minimum Gasteiger partial charge on any atom is -0.478 e. The van der Waals surface area contributed by atoms with E-state index in [0.717, 1.165) is 0 Å². The maximum absolute atomic E-state index is 12.1. The van der Waals surface area contributed by atoms with Gasteiger partial charge in [-0.25, -0.2) is 13.2 Å². The van der Waals surface area contributed by atoms with Crippen LogP contribution >= 0.6 is 0 Å². The fourth-order valence-electron chi connectivity index (χ4n) is 1.43. The Morgan fingerprint density at radius 1 is 1.28 bits per heavy atom. The number of carboxylic acid groups (broad SMARTS) is 1. The van der Waals surface area contributed by atoms with Crippen LogP contribution in [0.2, 0.25) is 0 Å². The molecule has 0 spiro atoms. The summed E-state index contributed by atoms with van der Waals surface area (Å²) in [5, 5.41) is 9.82. The summed E-state index contributed by atoms with van der Waals surface area (Å²) < 4.78 is 24.3. The number of benzene rings is 1. The molecule has 0 fully saturated rings. The number of aromatic carboxylic acids is 1. The standard InChI is InChI=1S/C11H13NO5S/c1-7(10(13)12-2)18(16,17)9-6-4-3-5-8(9)11(14)15/h3-7H,1-2H3,(H,12,13)(H,14,15). The minimum absolute atomic E-state index is 0.340. The van der Waals surface area contributed by atoms with Crippen LogP contribution in [0.1, 0.15) is 17.3 Å². The Kier molecular flexibility index (Phi) is 4.07. The first-order valence-electron chi connectivity index (χ1n) is 5.10. The number of rotatable bonds is 4. The second-order valence-corrected chi connectivity index (χ2v) is 5.84. The second kappa shape index (κ2) is 5.18. The van der Waals surface area contributed by atoms with Gasteiger partial charge in [-0.1, -0.05) is 12.1 Å². The van der Waals surface area contributed by atoms with Crippen LogP contribution in [-0.4, -0.2) is 37.7 Å². The number of carbonyl (C=O) groups excluding carboxylic acids is 1. The summed E-state index contributed by atoms with van der Waals surface area (Å²) in [4.78, 5) is 22.0. The first-order valence-corrected chi connectivity index (χ1v) is 6.64. The number of carboxylic acids is 1. The quantitative estimate of drug-likeness (QED) is 0.820. The molecule has 0 bridgehead atoms. The monoisotopic (exact) mass is 271 g/mol. The van der Waals surface area contributed by atoms with Gasteiger partial charge in [-0.15, -0.1) is 0 Å². The number of nitrogens with one attached hydrogen (secondary N) is 1. The van der Waals surface area contributed by atoms with Gasteiger partial charge in [0.15, 0.2) is 9.84 Å². The predicted octanol–water partition coefficient (Wildman–Crippen LogP) is 0.293. The third kappa shape index (κ3) is 2.51. The smallest absolute Gasteiger partial charge is 0.337 e. The Labute approximate surface area is 105 Å². The highest BCUT2D eigenvalue weighted by atomic mass is 32.2. The number of amides is 1. The lowest BCUT2D eigenvalue weighted by atomic mass is 10.2. The summed E-state index contributed by atoms with van der Waals surface area (Å²) in [5.74, 6) is -2.03. The fourth-order valence-corrected chi connectivity index (χ4v) is 2.94. The Bertz CT molecular complexity index is 579. The van der Waals surface area contributed by atoms with Gasteiger partial charge in [0.25, 0.3) is 0 Å². The van der Waals surface area contributed by atoms with Gasteiger partial charge in [0.1, 0.15) is 5.25 Å². The Balaban J connectivity index is 3.38. The molecule has 0 aliphatic carbocycles. The molecule has 0 radical (unpaired) electrons. The van der Waals surface area contributed by atoms with Crippen LogP contribution in [0.15, 0.2) is 29.2 Å². The molecule has 1 atom stereocenters. The van der Waals surface area contributed by atoms with Crippen LogP contribution in [0.25, 0.3) is 0 Å². The van der Waals surface area contributed by atoms with E-state index in [2.05, 4.69) is 5.32 Å². The molecule has 1 rings (SSSR count). The third-order valence-electron chi connectivity index (χ3n) is 2.51. The highest BCUT2D eigenvalue weighted by Gasteiger charge is 2.32. The van der Waals surface area contributed by atoms with Gasteiger partial charge in [0.05, 0.1) is 10.5 Å². The summed E-state index contributed by atoms with van der Waals surface area (Å²) >= 11 is 0. The molecule has 7 heteroatoms. The molecule has 1 aromatic carbocycles. The average Bonchev–Trinajstić information content (AvgIpc) is 2.36. The van der Waals surface area contributed by atoms with E-state index in [4.69, 9.17) is 5.11 Å². The van der Waals surface area contributed by atoms with Gasteiger partial charge in [0.2, 0.25) is 5.91 Å². The lowest BCUT2D eigenvalue weighted by Gasteiger charge is -2.13. The molecule has 1 amide bonds. The molecule has 2 N–H and O–H groups in total. The number of sulfone groups is 1. The first-order chi connectivity index (χ1) is 8.32. The molecule has 1 unspecified atom stereocenters. The molecule has 0 aliphatic rings. The van der Waals surface area contributed by atoms with Crippen LogP contribution in [0.4, 0.5) is 0 Å². The molecule has 0 saturated carbocycles. The van der Waals surface area contributed by atoms with Crippen LogP contribution in [0.5, 0.6) is 0 Å². The van der Waals surface area contributed by atoms with Gasteiger partial charge in [0, 0.05) is 7.05 Å². The van der Waals surface area contributed by atoms with E-state index in [1.807, 2.05) is 0 Å². The number of hydrogen-bond acceptors (Lipinski definition) is 4. The Morgan fingerprint density at radius 2 is 1.83 bits per heavy atom. The molecular formula is C11H13NO5S. The van der Waals surface area contributed by atoms with Crippen molar-refractivity contribution in [1.29, 1.82) is 0 Å². The molecule has 6 nitrogen and oxygen atoms in total. The van der Waals surface area contributed by atoms with Crippen molar-refractivity contribution in [2.24, 2.45) is 0 Å². The van der Waals surface area contributed by atoms with Crippen LogP contribution in [0.3, 0.4) is 0 Å². The van der Waals surface area contributed by atoms with Crippen molar-refractivity contribution in [3.63, 3.8) is 0 Å². The topological polar surface area (TPSA) is 101 Å². The van der Waals surface area contributed by atoms with E-state index < -0.39 is 27.0 Å². The van der Waals surface area contributed by atoms with Crippen LogP contribution < -0.4 is 5.32 Å². The van der Waals surface area contributed by atoms with Crippen LogP contribution in [0, 0.1) is 0 Å². The van der Waals surface area contributed by atoms with E-state index >= 15 is 0 Å². The van der Waals surface area contributed by atoms with E-state index in [9.17, 15) is 18.0 Å². The van der Waals surface area contributed by atoms with Crippen molar-refractivity contribution in [3.8, 4) is 0 Å². The fraction of sp³-hybridized carbons (Fsp3) is 0.273. The molecule has 0 saturated heterocycles. The normalized spacial score (nSPS) is 12.8. The summed E-state index contributed by atoms with van der Waals surface area (Å²) in [7, 11) is -2.70. The van der Waals surface area contributed by atoms with Crippen molar-refractivity contribution in [2.45, 2.75) is 17.1 Å². The summed E-state index contributed by atoms with van der Waals surface area (Å²) in [6.07, 6.45) is 0. The minimum atomic E-state index is -4.02. The van der Waals surface area contributed by atoms with Crippen molar-refractivity contribution < 1.29 is 23.1 Å². The van der Waals surface area contributed by atoms with Crippen LogP contribution in [-0.2, 0) is 14.6 Å². The van der Waals surface area contributed by atoms with Crippen molar-refractivity contribution in [1.82, 2.24) is 5.32 Å². The first kappa shape index (κ1) is 14.2. The SMILES string of the molecule is CNC(=O)C(C)S(=O)(=O)c1ccccc1C(=O)O. The van der Waals surface area contributed by atoms with E-state index in [-0.39, 0.29) is 10.5 Å². The van der Waals surface area contributed by atoms with E-state index in [1.54, 1.807) is 0 Å². The maximum atomic E-state index is 12.1. The Morgan fingerprint density at radius 3 is 2.33 bits per heavy atom. The zero-order valence-corrected chi connectivity index (χ0v) is 10.7. The molecule has 0 heterocycles. The van der Waals surface area contributed by atoms with Gasteiger partial charge in [-0.2, -0.15) is 0 Å². The molecular weight excluding hydrogens is 258 g/mol. The average molecular weight is 271 g/mol. The Hall–Kier alpha value is -1.89. The summed E-state index contributed by atoms with van der Waals surface area (Å²) in [5.41, 5.74) is -0.340. The molecule has 98 valence electrons. The molecule has 0 aliphatic heterocycles. The van der Waals surface area contributed by atoms with Crippen molar-refractivity contribution >= 4 is 21.7 Å². The number of carbonyl (C=O) groups is 2. The lowest BCUT2D eigenvalue weighted by Crippen LogP contribution is -2.36. The largest absolute Gasteiger partial charge is 0.478 e.